The molecular weight excluding hydrogens is 361 g/mol. The minimum absolute atomic E-state index is 0. The van der Waals surface area contributed by atoms with Crippen molar-refractivity contribution in [2.24, 2.45) is 0 Å². The summed E-state index contributed by atoms with van der Waals surface area (Å²) in [5.41, 5.74) is 0. The fourth-order valence-corrected chi connectivity index (χ4v) is 3.53. The van der Waals surface area contributed by atoms with Gasteiger partial charge in [-0.15, -0.1) is 0 Å². The smallest absolute Gasteiger partial charge is 0.550 e. The van der Waals surface area contributed by atoms with Crippen LogP contribution in [0, 0.1) is 0 Å². The topological polar surface area (TPSA) is 43.4 Å². The second-order valence-corrected chi connectivity index (χ2v) is 7.91. The monoisotopic (exact) mass is 407 g/mol. The second-order valence-electron chi connectivity index (χ2n) is 7.91. The number of carboxylic acid groups (broad SMARTS) is 1. The molecule has 0 saturated carbocycles. The quantitative estimate of drug-likeness (QED) is 0.217. The third kappa shape index (κ3) is 25.0. The molecule has 0 aliphatic carbocycles. The van der Waals surface area contributed by atoms with Crippen LogP contribution >= 0.6 is 0 Å². The molecule has 0 unspecified atom stereocenters. The molecule has 0 spiro atoms. The first kappa shape index (κ1) is 30.3. The standard InChI is InChI=1S/C23H47NO2.K/c1-3-5-7-9-11-13-16-20-24(22-18-15-19-23(25)26)21-17-14-12-10-8-6-4-2;/h3-22H2,1-2H3,(H,25,26);/q;+1/p-1. The van der Waals surface area contributed by atoms with Gasteiger partial charge in [0.25, 0.3) is 0 Å². The predicted octanol–water partition coefficient (Wildman–Crippen LogP) is 2.71. The third-order valence-corrected chi connectivity index (χ3v) is 5.26. The molecule has 0 aromatic rings. The van der Waals surface area contributed by atoms with Crippen molar-refractivity contribution in [3.63, 3.8) is 0 Å². The zero-order chi connectivity index (χ0) is 19.3. The van der Waals surface area contributed by atoms with Gasteiger partial charge in [0.15, 0.2) is 0 Å². The SMILES string of the molecule is CCCCCCCCCN(CCCCCCCCC)CCCCC(=O)[O-].[K+]. The van der Waals surface area contributed by atoms with Crippen LogP contribution in [0.2, 0.25) is 0 Å². The molecule has 0 fully saturated rings. The Morgan fingerprint density at radius 1 is 0.593 bits per heavy atom. The molecule has 0 radical (unpaired) electrons. The van der Waals surface area contributed by atoms with E-state index < -0.39 is 5.97 Å². The summed E-state index contributed by atoms with van der Waals surface area (Å²) in [4.78, 5) is 13.1. The van der Waals surface area contributed by atoms with Crippen molar-refractivity contribution in [2.45, 2.75) is 123 Å². The molecule has 0 aromatic heterocycles. The first-order chi connectivity index (χ1) is 12.7. The molecule has 0 saturated heterocycles. The third-order valence-electron chi connectivity index (χ3n) is 5.26. The van der Waals surface area contributed by atoms with E-state index in [1.165, 1.54) is 103 Å². The average Bonchev–Trinajstić information content (AvgIpc) is 2.62. The Balaban J connectivity index is 0. The van der Waals surface area contributed by atoms with Gasteiger partial charge in [-0.1, -0.05) is 90.9 Å². The normalized spacial score (nSPS) is 10.9. The van der Waals surface area contributed by atoms with Crippen molar-refractivity contribution < 1.29 is 61.3 Å². The molecule has 156 valence electrons. The zero-order valence-electron chi connectivity index (χ0n) is 18.9. The van der Waals surface area contributed by atoms with Crippen LogP contribution in [0.3, 0.4) is 0 Å². The Hall–Kier alpha value is 1.07. The van der Waals surface area contributed by atoms with Gasteiger partial charge in [-0.2, -0.15) is 0 Å². The minimum Gasteiger partial charge on any atom is -0.550 e. The first-order valence-corrected chi connectivity index (χ1v) is 11.6. The van der Waals surface area contributed by atoms with Gasteiger partial charge in [0, 0.05) is 5.97 Å². The van der Waals surface area contributed by atoms with Gasteiger partial charge in [0.2, 0.25) is 0 Å². The van der Waals surface area contributed by atoms with Gasteiger partial charge in [-0.3, -0.25) is 0 Å². The molecule has 0 aromatic carbocycles. The van der Waals surface area contributed by atoms with E-state index >= 15 is 0 Å². The van der Waals surface area contributed by atoms with Crippen LogP contribution in [0.25, 0.3) is 0 Å². The van der Waals surface area contributed by atoms with Crippen LogP contribution in [0.15, 0.2) is 0 Å². The summed E-state index contributed by atoms with van der Waals surface area (Å²) in [7, 11) is 0. The summed E-state index contributed by atoms with van der Waals surface area (Å²) in [5, 5.41) is 10.6. The Morgan fingerprint density at radius 3 is 1.30 bits per heavy atom. The maximum Gasteiger partial charge on any atom is 1.00 e. The summed E-state index contributed by atoms with van der Waals surface area (Å²) in [6, 6.07) is 0. The Kier molecular flexibility index (Phi) is 28.1. The van der Waals surface area contributed by atoms with E-state index in [0.717, 1.165) is 19.4 Å². The molecule has 0 aliphatic rings. The maximum absolute atomic E-state index is 10.6. The van der Waals surface area contributed by atoms with Gasteiger partial charge in [0.05, 0.1) is 0 Å². The molecule has 0 heterocycles. The van der Waals surface area contributed by atoms with Crippen molar-refractivity contribution in [1.29, 1.82) is 0 Å². The van der Waals surface area contributed by atoms with Crippen LogP contribution in [0.4, 0.5) is 0 Å². The fraction of sp³-hybridized carbons (Fsp3) is 0.957. The van der Waals surface area contributed by atoms with Crippen molar-refractivity contribution in [1.82, 2.24) is 4.90 Å². The van der Waals surface area contributed by atoms with E-state index in [4.69, 9.17) is 0 Å². The summed E-state index contributed by atoms with van der Waals surface area (Å²) in [6.07, 6.45) is 20.9. The minimum atomic E-state index is -0.907. The van der Waals surface area contributed by atoms with Crippen LogP contribution in [-0.2, 0) is 4.79 Å². The summed E-state index contributed by atoms with van der Waals surface area (Å²) in [5.74, 6) is -0.907. The van der Waals surface area contributed by atoms with E-state index in [1.807, 2.05) is 0 Å². The Morgan fingerprint density at radius 2 is 0.926 bits per heavy atom. The number of rotatable bonds is 21. The summed E-state index contributed by atoms with van der Waals surface area (Å²) in [6.45, 7) is 7.97. The molecule has 4 heteroatoms. The molecule has 0 N–H and O–H groups in total. The average molecular weight is 408 g/mol. The van der Waals surface area contributed by atoms with E-state index in [0.29, 0.717) is 0 Å². The van der Waals surface area contributed by atoms with E-state index in [-0.39, 0.29) is 57.8 Å². The van der Waals surface area contributed by atoms with Crippen LogP contribution in [0.5, 0.6) is 0 Å². The number of unbranched alkanes of at least 4 members (excludes halogenated alkanes) is 13. The van der Waals surface area contributed by atoms with Crippen molar-refractivity contribution in [3.8, 4) is 0 Å². The fourth-order valence-electron chi connectivity index (χ4n) is 3.53. The van der Waals surface area contributed by atoms with Crippen molar-refractivity contribution in [3.05, 3.63) is 0 Å². The largest absolute Gasteiger partial charge is 1.00 e. The Labute approximate surface area is 212 Å². The molecule has 0 amide bonds. The number of hydrogen-bond donors (Lipinski definition) is 0. The predicted molar refractivity (Wildman–Crippen MR) is 111 cm³/mol. The number of carbonyl (C=O) groups is 1. The number of nitrogens with zero attached hydrogens (tertiary/aromatic N) is 1. The van der Waals surface area contributed by atoms with Crippen molar-refractivity contribution in [2.75, 3.05) is 19.6 Å². The molecule has 3 nitrogen and oxygen atoms in total. The molecule has 0 aliphatic heterocycles. The van der Waals surface area contributed by atoms with Gasteiger partial charge < -0.3 is 14.8 Å². The van der Waals surface area contributed by atoms with Gasteiger partial charge >= 0.3 is 51.4 Å². The van der Waals surface area contributed by atoms with Crippen LogP contribution in [-0.4, -0.2) is 30.5 Å². The van der Waals surface area contributed by atoms with E-state index in [9.17, 15) is 9.90 Å². The number of carbonyl (C=O) groups excluding carboxylic acids is 1. The van der Waals surface area contributed by atoms with E-state index in [1.54, 1.807) is 0 Å². The van der Waals surface area contributed by atoms with Gasteiger partial charge in [0.1, 0.15) is 0 Å². The molecule has 0 bridgehead atoms. The van der Waals surface area contributed by atoms with Crippen molar-refractivity contribution >= 4 is 5.97 Å². The number of hydrogen-bond acceptors (Lipinski definition) is 3. The zero-order valence-corrected chi connectivity index (χ0v) is 22.0. The van der Waals surface area contributed by atoms with Gasteiger partial charge in [-0.05, 0) is 51.7 Å². The number of aliphatic carboxylic acids is 1. The maximum atomic E-state index is 10.6. The van der Waals surface area contributed by atoms with Crippen LogP contribution in [0.1, 0.15) is 123 Å². The molecule has 27 heavy (non-hydrogen) atoms. The second kappa shape index (κ2) is 25.1. The van der Waals surface area contributed by atoms with Gasteiger partial charge in [-0.25, -0.2) is 0 Å². The summed E-state index contributed by atoms with van der Waals surface area (Å²) < 4.78 is 0. The number of carboxylic acids is 1. The molecular formula is C23H46KNO2. The van der Waals surface area contributed by atoms with E-state index in [2.05, 4.69) is 18.7 Å². The molecule has 0 atom stereocenters. The Bertz CT molecular complexity index is 282. The van der Waals surface area contributed by atoms with Crippen LogP contribution < -0.4 is 56.5 Å². The first-order valence-electron chi connectivity index (χ1n) is 11.6. The molecule has 0 rings (SSSR count). The summed E-state index contributed by atoms with van der Waals surface area (Å²) >= 11 is 0.